The Morgan fingerprint density at radius 1 is 1.42 bits per heavy atom. The Morgan fingerprint density at radius 2 is 2.25 bits per heavy atom. The van der Waals surface area contributed by atoms with E-state index in [1.54, 1.807) is 6.20 Å². The minimum absolute atomic E-state index is 0.0558. The Bertz CT molecular complexity index is 478. The van der Waals surface area contributed by atoms with Gasteiger partial charge in [-0.15, -0.1) is 0 Å². The van der Waals surface area contributed by atoms with Crippen molar-refractivity contribution in [2.75, 3.05) is 0 Å². The van der Waals surface area contributed by atoms with Crippen molar-refractivity contribution in [3.05, 3.63) is 40.9 Å². The summed E-state index contributed by atoms with van der Waals surface area (Å²) in [5, 5.41) is 0. The summed E-state index contributed by atoms with van der Waals surface area (Å²) < 4.78 is 2.41. The van der Waals surface area contributed by atoms with E-state index in [1.807, 2.05) is 12.1 Å². The zero-order valence-corrected chi connectivity index (χ0v) is 7.66. The first kappa shape index (κ1) is 7.62. The molecule has 2 rings (SSSR count). The average Bonchev–Trinajstić information content (AvgIpc) is 2.07. The van der Waals surface area contributed by atoms with Crippen LogP contribution in [0.3, 0.4) is 0 Å². The van der Waals surface area contributed by atoms with Crippen LogP contribution in [0.25, 0.3) is 5.65 Å². The van der Waals surface area contributed by atoms with Gasteiger partial charge in [0.25, 0.3) is 0 Å². The number of hydrogen-bond donors (Lipinski definition) is 0. The van der Waals surface area contributed by atoms with Crippen LogP contribution in [0.2, 0.25) is 0 Å². The van der Waals surface area contributed by atoms with Crippen LogP contribution in [-0.4, -0.2) is 9.38 Å². The normalized spacial score (nSPS) is 10.5. The average molecular weight is 248 g/mol. The Labute approximate surface area is 78.7 Å². The molecule has 0 aliphatic heterocycles. The van der Waals surface area contributed by atoms with Crippen molar-refractivity contribution in [3.63, 3.8) is 0 Å². The Kier molecular flexibility index (Phi) is 1.77. The van der Waals surface area contributed by atoms with Crippen molar-refractivity contribution in [2.24, 2.45) is 0 Å². The summed E-state index contributed by atoms with van der Waals surface area (Å²) in [7, 11) is 0. The number of nitrogens with zero attached hydrogens (tertiary/aromatic N) is 2. The maximum absolute atomic E-state index is 11.2. The summed E-state index contributed by atoms with van der Waals surface area (Å²) >= 11 is 2.74. The van der Waals surface area contributed by atoms with Crippen LogP contribution in [0.5, 0.6) is 0 Å². The minimum atomic E-state index is -0.0558. The molecule has 0 saturated carbocycles. The van der Waals surface area contributed by atoms with Crippen LogP contribution in [0.15, 0.2) is 35.4 Å². The van der Waals surface area contributed by atoms with Crippen LogP contribution >= 0.6 is 0 Å². The first-order valence-electron chi connectivity index (χ1n) is 3.39. The Morgan fingerprint density at radius 3 is 3.00 bits per heavy atom. The van der Waals surface area contributed by atoms with E-state index in [9.17, 15) is 4.79 Å². The number of aromatic nitrogens is 2. The van der Waals surface area contributed by atoms with E-state index in [-0.39, 0.29) is 5.56 Å². The zero-order valence-electron chi connectivity index (χ0n) is 6.02. The van der Waals surface area contributed by atoms with Gasteiger partial charge in [0, 0.05) is 0 Å². The fraction of sp³-hybridized carbons (Fsp3) is 0. The van der Waals surface area contributed by atoms with E-state index < -0.39 is 0 Å². The number of rotatable bonds is 0. The van der Waals surface area contributed by atoms with E-state index in [2.05, 4.69) is 23.3 Å². The molecule has 0 fully saturated rings. The summed E-state index contributed by atoms with van der Waals surface area (Å²) in [6.07, 6.45) is 3.22. The van der Waals surface area contributed by atoms with Gasteiger partial charge in [-0.25, -0.2) is 0 Å². The molecule has 3 nitrogen and oxygen atoms in total. The molecule has 0 amide bonds. The molecule has 0 N–H and O–H groups in total. The molecule has 12 heavy (non-hydrogen) atoms. The quantitative estimate of drug-likeness (QED) is 0.608. The molecule has 0 saturated heterocycles. The molecule has 62 valence electrons. The van der Waals surface area contributed by atoms with Crippen molar-refractivity contribution in [1.82, 2.24) is 9.38 Å². The third-order valence-corrected chi connectivity index (χ3v) is 2.19. The third kappa shape index (κ3) is 1.08. The SMILES string of the molecule is O=c1ccnc2[c]([Rh])cccn12. The summed E-state index contributed by atoms with van der Waals surface area (Å²) in [6, 6.07) is 5.13. The monoisotopic (exact) mass is 248 g/mol. The van der Waals surface area contributed by atoms with E-state index >= 15 is 0 Å². The second-order valence-corrected chi connectivity index (χ2v) is 3.19. The van der Waals surface area contributed by atoms with Gasteiger partial charge in [0.1, 0.15) is 0 Å². The molecule has 0 atom stereocenters. The first-order valence-corrected chi connectivity index (χ1v) is 4.20. The van der Waals surface area contributed by atoms with Crippen LogP contribution in [-0.2, 0) is 18.3 Å². The topological polar surface area (TPSA) is 34.4 Å². The van der Waals surface area contributed by atoms with Gasteiger partial charge in [-0.2, -0.15) is 0 Å². The van der Waals surface area contributed by atoms with Crippen molar-refractivity contribution in [1.29, 1.82) is 0 Å². The number of pyridine rings is 1. The number of hydrogen-bond acceptors (Lipinski definition) is 2. The third-order valence-electron chi connectivity index (χ3n) is 1.55. The Hall–Kier alpha value is -1.02. The van der Waals surface area contributed by atoms with E-state index in [0.717, 1.165) is 4.16 Å². The maximum atomic E-state index is 11.2. The molecule has 0 radical (unpaired) electrons. The summed E-state index contributed by atoms with van der Waals surface area (Å²) in [4.78, 5) is 15.3. The predicted molar refractivity (Wildman–Crippen MR) is 41.1 cm³/mol. The molecule has 4 heteroatoms. The van der Waals surface area contributed by atoms with Gasteiger partial charge in [-0.05, 0) is 0 Å². The Balaban J connectivity index is 3.05. The molecular formula is C8H5N2ORh. The van der Waals surface area contributed by atoms with Gasteiger partial charge in [0.05, 0.1) is 0 Å². The van der Waals surface area contributed by atoms with Crippen LogP contribution < -0.4 is 9.72 Å². The van der Waals surface area contributed by atoms with Crippen LogP contribution in [0, 0.1) is 0 Å². The van der Waals surface area contributed by atoms with Crippen LogP contribution in [0.4, 0.5) is 0 Å². The van der Waals surface area contributed by atoms with Gasteiger partial charge in [-0.3, -0.25) is 0 Å². The molecule has 0 aromatic carbocycles. The van der Waals surface area contributed by atoms with Crippen molar-refractivity contribution in [3.8, 4) is 0 Å². The van der Waals surface area contributed by atoms with Gasteiger partial charge in [0.2, 0.25) is 0 Å². The fourth-order valence-corrected chi connectivity index (χ4v) is 1.48. The molecule has 2 aromatic heterocycles. The fourth-order valence-electron chi connectivity index (χ4n) is 1.01. The molecule has 2 aromatic rings. The van der Waals surface area contributed by atoms with Crippen LogP contribution in [0.1, 0.15) is 0 Å². The van der Waals surface area contributed by atoms with Gasteiger partial charge in [-0.1, -0.05) is 0 Å². The molecule has 0 aliphatic rings. The second-order valence-electron chi connectivity index (χ2n) is 2.31. The predicted octanol–water partition coefficient (Wildman–Crippen LogP) is -0.133. The molecule has 0 unspecified atom stereocenters. The first-order chi connectivity index (χ1) is 5.79. The van der Waals surface area contributed by atoms with Gasteiger partial charge in [0.15, 0.2) is 0 Å². The van der Waals surface area contributed by atoms with Crippen molar-refractivity contribution >= 4 is 9.80 Å². The second kappa shape index (κ2) is 2.79. The molecule has 0 spiro atoms. The van der Waals surface area contributed by atoms with Gasteiger partial charge >= 0.3 is 78.4 Å². The van der Waals surface area contributed by atoms with E-state index in [1.165, 1.54) is 16.7 Å². The number of fused-ring (bicyclic) bond motifs is 1. The summed E-state index contributed by atoms with van der Waals surface area (Å²) in [6.45, 7) is 0. The summed E-state index contributed by atoms with van der Waals surface area (Å²) in [5.41, 5.74) is 0.622. The molecular weight excluding hydrogens is 243 g/mol. The molecule has 0 aliphatic carbocycles. The van der Waals surface area contributed by atoms with E-state index in [0.29, 0.717) is 5.65 Å². The van der Waals surface area contributed by atoms with Crippen molar-refractivity contribution in [2.45, 2.75) is 0 Å². The molecule has 2 heterocycles. The summed E-state index contributed by atoms with van der Waals surface area (Å²) in [5.74, 6) is 0. The van der Waals surface area contributed by atoms with Gasteiger partial charge < -0.3 is 0 Å². The van der Waals surface area contributed by atoms with E-state index in [4.69, 9.17) is 0 Å². The molecule has 0 bridgehead atoms. The zero-order chi connectivity index (χ0) is 8.55. The van der Waals surface area contributed by atoms with Crippen molar-refractivity contribution < 1.29 is 18.3 Å². The standard InChI is InChI=1S/C8H5N2O.Rh/c11-8-4-5-9-7-3-1-2-6-10(7)8;/h1-2,4-6H;.